The predicted molar refractivity (Wildman–Crippen MR) is 120 cm³/mol. The third-order valence-electron chi connectivity index (χ3n) is 5.59. The van der Waals surface area contributed by atoms with Crippen LogP contribution >= 0.6 is 0 Å². The summed E-state index contributed by atoms with van der Waals surface area (Å²) in [6, 6.07) is 19.3. The molecule has 6 nitrogen and oxygen atoms in total. The summed E-state index contributed by atoms with van der Waals surface area (Å²) in [5.74, 6) is 1.12. The second kappa shape index (κ2) is 10.3. The molecule has 1 aliphatic rings. The van der Waals surface area contributed by atoms with Gasteiger partial charge < -0.3 is 19.5 Å². The first-order valence-corrected chi connectivity index (χ1v) is 11.0. The first-order valence-electron chi connectivity index (χ1n) is 11.0. The second-order valence-electron chi connectivity index (χ2n) is 7.83. The fourth-order valence-corrected chi connectivity index (χ4v) is 3.95. The van der Waals surface area contributed by atoms with E-state index in [2.05, 4.69) is 27.5 Å². The lowest BCUT2D eigenvalue weighted by Crippen LogP contribution is -2.40. The maximum atomic E-state index is 13.0. The molecule has 1 fully saturated rings. The molecule has 1 atom stereocenters. The van der Waals surface area contributed by atoms with Crippen molar-refractivity contribution in [3.63, 3.8) is 0 Å². The number of likely N-dealkylation sites (tertiary alicyclic amines) is 1. The van der Waals surface area contributed by atoms with Crippen LogP contribution in [-0.4, -0.2) is 42.2 Å². The summed E-state index contributed by atoms with van der Waals surface area (Å²) >= 11 is 0. The lowest BCUT2D eigenvalue weighted by Gasteiger charge is -2.31. The predicted octanol–water partition coefficient (Wildman–Crippen LogP) is 4.70. The average molecular weight is 420 g/mol. The molecule has 1 saturated heterocycles. The van der Waals surface area contributed by atoms with Crippen molar-refractivity contribution < 1.29 is 14.1 Å². The van der Waals surface area contributed by atoms with Crippen LogP contribution in [0.3, 0.4) is 0 Å². The zero-order chi connectivity index (χ0) is 21.5. The largest absolute Gasteiger partial charge is 0.494 e. The summed E-state index contributed by atoms with van der Waals surface area (Å²) in [4.78, 5) is 15.4. The van der Waals surface area contributed by atoms with Crippen LogP contribution in [0, 0.1) is 0 Å². The molecular formula is C25H29N3O3. The maximum Gasteiger partial charge on any atom is 0.274 e. The average Bonchev–Trinajstić information content (AvgIpc) is 3.31. The van der Waals surface area contributed by atoms with Gasteiger partial charge in [0.2, 0.25) is 0 Å². The molecule has 0 aliphatic carbocycles. The summed E-state index contributed by atoms with van der Waals surface area (Å²) in [5, 5.41) is 7.18. The Morgan fingerprint density at radius 1 is 1.10 bits per heavy atom. The number of ether oxygens (including phenoxy) is 1. The molecule has 1 aliphatic heterocycles. The van der Waals surface area contributed by atoms with Crippen molar-refractivity contribution in [3.8, 4) is 17.1 Å². The van der Waals surface area contributed by atoms with Gasteiger partial charge in [-0.1, -0.05) is 41.9 Å². The zero-order valence-electron chi connectivity index (χ0n) is 17.9. The Morgan fingerprint density at radius 2 is 1.84 bits per heavy atom. The SMILES string of the molecule is CCOc1ccc(-c2cc(C(=O)N[C@H](CN3CCCCC3)c3ccccc3)no2)cc1. The van der Waals surface area contributed by atoms with Gasteiger partial charge in [0.15, 0.2) is 11.5 Å². The molecule has 0 radical (unpaired) electrons. The molecule has 31 heavy (non-hydrogen) atoms. The van der Waals surface area contributed by atoms with Crippen LogP contribution in [0.2, 0.25) is 0 Å². The molecule has 4 rings (SSSR count). The van der Waals surface area contributed by atoms with Gasteiger partial charge in [-0.05, 0) is 62.7 Å². The molecule has 2 aromatic carbocycles. The summed E-state index contributed by atoms with van der Waals surface area (Å²) in [5.41, 5.74) is 2.23. The number of rotatable bonds is 8. The van der Waals surface area contributed by atoms with E-state index in [0.29, 0.717) is 12.4 Å². The normalized spacial score (nSPS) is 15.4. The van der Waals surface area contributed by atoms with E-state index in [0.717, 1.165) is 36.5 Å². The van der Waals surface area contributed by atoms with Crippen molar-refractivity contribution in [2.75, 3.05) is 26.2 Å². The number of hydrogen-bond donors (Lipinski definition) is 1. The van der Waals surface area contributed by atoms with Crippen LogP contribution < -0.4 is 10.1 Å². The third-order valence-corrected chi connectivity index (χ3v) is 5.59. The van der Waals surface area contributed by atoms with E-state index in [4.69, 9.17) is 9.26 Å². The van der Waals surface area contributed by atoms with Gasteiger partial charge in [-0.15, -0.1) is 0 Å². The fourth-order valence-electron chi connectivity index (χ4n) is 3.95. The first-order chi connectivity index (χ1) is 15.2. The fraction of sp³-hybridized carbons (Fsp3) is 0.360. The molecule has 1 aromatic heterocycles. The van der Waals surface area contributed by atoms with E-state index in [9.17, 15) is 4.79 Å². The highest BCUT2D eigenvalue weighted by Gasteiger charge is 2.22. The number of carbonyl (C=O) groups is 1. The Hall–Kier alpha value is -3.12. The number of nitrogens with one attached hydrogen (secondary N) is 1. The standard InChI is InChI=1S/C25H29N3O3/c1-2-30-21-13-11-20(12-14-21)24-17-22(27-31-24)25(29)26-23(19-9-5-3-6-10-19)18-28-15-7-4-8-16-28/h3,5-6,9-14,17,23H,2,4,7-8,15-16,18H2,1H3,(H,26,29)/t23-/m1/s1. The number of hydrogen-bond acceptors (Lipinski definition) is 5. The molecule has 162 valence electrons. The molecule has 1 N–H and O–H groups in total. The minimum atomic E-state index is -0.230. The Morgan fingerprint density at radius 3 is 2.55 bits per heavy atom. The lowest BCUT2D eigenvalue weighted by atomic mass is 10.0. The van der Waals surface area contributed by atoms with Crippen molar-refractivity contribution >= 4 is 5.91 Å². The van der Waals surface area contributed by atoms with Crippen molar-refractivity contribution in [1.82, 2.24) is 15.4 Å². The second-order valence-corrected chi connectivity index (χ2v) is 7.83. The molecule has 3 aromatic rings. The van der Waals surface area contributed by atoms with Crippen LogP contribution in [0.15, 0.2) is 65.2 Å². The van der Waals surface area contributed by atoms with Gasteiger partial charge in [-0.3, -0.25) is 4.79 Å². The number of amides is 1. The van der Waals surface area contributed by atoms with Crippen LogP contribution in [0.25, 0.3) is 11.3 Å². The zero-order valence-corrected chi connectivity index (χ0v) is 17.9. The third kappa shape index (κ3) is 5.52. The summed E-state index contributed by atoms with van der Waals surface area (Å²) in [7, 11) is 0. The minimum absolute atomic E-state index is 0.0996. The summed E-state index contributed by atoms with van der Waals surface area (Å²) in [6.45, 7) is 5.50. The first kappa shape index (κ1) is 21.1. The molecule has 0 saturated carbocycles. The van der Waals surface area contributed by atoms with Crippen LogP contribution in [0.4, 0.5) is 0 Å². The number of aromatic nitrogens is 1. The van der Waals surface area contributed by atoms with Gasteiger partial charge in [0.25, 0.3) is 5.91 Å². The van der Waals surface area contributed by atoms with E-state index in [1.165, 1.54) is 19.3 Å². The van der Waals surface area contributed by atoms with E-state index in [1.807, 2.05) is 49.4 Å². The molecule has 0 bridgehead atoms. The van der Waals surface area contributed by atoms with Crippen molar-refractivity contribution in [1.29, 1.82) is 0 Å². The van der Waals surface area contributed by atoms with Gasteiger partial charge >= 0.3 is 0 Å². The highest BCUT2D eigenvalue weighted by atomic mass is 16.5. The van der Waals surface area contributed by atoms with Crippen LogP contribution in [-0.2, 0) is 0 Å². The van der Waals surface area contributed by atoms with Gasteiger partial charge in [-0.25, -0.2) is 0 Å². The quantitative estimate of drug-likeness (QED) is 0.573. The highest BCUT2D eigenvalue weighted by molar-refractivity contribution is 5.93. The van der Waals surface area contributed by atoms with E-state index < -0.39 is 0 Å². The van der Waals surface area contributed by atoms with Gasteiger partial charge in [-0.2, -0.15) is 0 Å². The van der Waals surface area contributed by atoms with Gasteiger partial charge in [0.05, 0.1) is 12.6 Å². The molecule has 1 amide bonds. The van der Waals surface area contributed by atoms with Gasteiger partial charge in [0.1, 0.15) is 5.75 Å². The monoisotopic (exact) mass is 419 g/mol. The van der Waals surface area contributed by atoms with Crippen molar-refractivity contribution in [3.05, 3.63) is 71.9 Å². The Balaban J connectivity index is 1.46. The molecule has 2 heterocycles. The number of piperidine rings is 1. The molecular weight excluding hydrogens is 390 g/mol. The number of carbonyl (C=O) groups excluding carboxylic acids is 1. The lowest BCUT2D eigenvalue weighted by molar-refractivity contribution is 0.0911. The minimum Gasteiger partial charge on any atom is -0.494 e. The van der Waals surface area contributed by atoms with Gasteiger partial charge in [0, 0.05) is 18.2 Å². The van der Waals surface area contributed by atoms with Crippen LogP contribution in [0.5, 0.6) is 5.75 Å². The molecule has 6 heteroatoms. The Kier molecular flexibility index (Phi) is 6.99. The van der Waals surface area contributed by atoms with Crippen LogP contribution in [0.1, 0.15) is 48.3 Å². The number of nitrogens with zero attached hydrogens (tertiary/aromatic N) is 2. The highest BCUT2D eigenvalue weighted by Crippen LogP contribution is 2.24. The van der Waals surface area contributed by atoms with Crippen molar-refractivity contribution in [2.24, 2.45) is 0 Å². The van der Waals surface area contributed by atoms with E-state index in [1.54, 1.807) is 6.07 Å². The summed E-state index contributed by atoms with van der Waals surface area (Å²) in [6.07, 6.45) is 3.71. The smallest absolute Gasteiger partial charge is 0.274 e. The van der Waals surface area contributed by atoms with E-state index in [-0.39, 0.29) is 17.6 Å². The van der Waals surface area contributed by atoms with Crippen molar-refractivity contribution in [2.45, 2.75) is 32.2 Å². The Labute approximate surface area is 183 Å². The summed E-state index contributed by atoms with van der Waals surface area (Å²) < 4.78 is 10.9. The maximum absolute atomic E-state index is 13.0. The molecule has 0 unspecified atom stereocenters. The molecule has 0 spiro atoms. The Bertz CT molecular complexity index is 963. The topological polar surface area (TPSA) is 67.6 Å². The van der Waals surface area contributed by atoms with E-state index >= 15 is 0 Å². The number of benzene rings is 2.